The molecule has 0 fully saturated rings. The Hall–Kier alpha value is -6.94. The topological polar surface area (TPSA) is 25.8 Å². The number of rotatable bonds is 6. The van der Waals surface area contributed by atoms with Crippen molar-refractivity contribution in [2.45, 2.75) is 12.3 Å². The monoisotopic (exact) mass is 744 g/mol. The third kappa shape index (κ3) is 5.46. The average Bonchev–Trinajstić information content (AvgIpc) is 3.80. The SMILES string of the molecule is CC1(c2ccccc2)c2ccccc2-c2c(-c3cc(-c4ccccc4)cc(-c4cc(-c5cccc6c5sc5ccccc56)nc(-c5ccccc5)n4)c3)cccc21. The van der Waals surface area contributed by atoms with E-state index in [9.17, 15) is 0 Å². The third-order valence-electron chi connectivity index (χ3n) is 11.8. The summed E-state index contributed by atoms with van der Waals surface area (Å²) in [5.74, 6) is 0.709. The molecular weight excluding hydrogens is 709 g/mol. The molecule has 2 heterocycles. The fourth-order valence-corrected chi connectivity index (χ4v) is 10.2. The Labute approximate surface area is 336 Å². The van der Waals surface area contributed by atoms with Crippen LogP contribution in [0.5, 0.6) is 0 Å². The van der Waals surface area contributed by atoms with Gasteiger partial charge in [-0.1, -0.05) is 170 Å². The van der Waals surface area contributed by atoms with Gasteiger partial charge >= 0.3 is 0 Å². The Balaban J connectivity index is 1.16. The van der Waals surface area contributed by atoms with E-state index in [1.165, 1.54) is 53.6 Å². The lowest BCUT2D eigenvalue weighted by molar-refractivity contribution is 0.714. The first-order valence-corrected chi connectivity index (χ1v) is 20.3. The Morgan fingerprint density at radius 2 is 0.982 bits per heavy atom. The van der Waals surface area contributed by atoms with Crippen LogP contribution in [0.25, 0.3) is 87.5 Å². The molecule has 0 aliphatic heterocycles. The molecule has 0 spiro atoms. The highest BCUT2D eigenvalue weighted by Crippen LogP contribution is 2.55. The van der Waals surface area contributed by atoms with Crippen molar-refractivity contribution < 1.29 is 0 Å². The van der Waals surface area contributed by atoms with Crippen LogP contribution < -0.4 is 0 Å². The van der Waals surface area contributed by atoms with Gasteiger partial charge in [-0.15, -0.1) is 11.3 Å². The van der Waals surface area contributed by atoms with Crippen molar-refractivity contribution in [3.63, 3.8) is 0 Å². The van der Waals surface area contributed by atoms with E-state index in [-0.39, 0.29) is 5.41 Å². The second-order valence-electron chi connectivity index (χ2n) is 15.0. The Kier molecular flexibility index (Phi) is 7.84. The molecular formula is C54H36N2S. The lowest BCUT2D eigenvalue weighted by atomic mass is 9.74. The first kappa shape index (κ1) is 33.4. The summed E-state index contributed by atoms with van der Waals surface area (Å²) in [4.78, 5) is 10.6. The molecule has 57 heavy (non-hydrogen) atoms. The molecule has 0 saturated heterocycles. The Morgan fingerprint density at radius 1 is 0.404 bits per heavy atom. The zero-order valence-corrected chi connectivity index (χ0v) is 32.2. The van der Waals surface area contributed by atoms with E-state index in [1.54, 1.807) is 0 Å². The zero-order chi connectivity index (χ0) is 37.9. The molecule has 10 aromatic rings. The van der Waals surface area contributed by atoms with Crippen molar-refractivity contribution in [2.24, 2.45) is 0 Å². The number of fused-ring (bicyclic) bond motifs is 6. The van der Waals surface area contributed by atoms with E-state index in [2.05, 4.69) is 201 Å². The van der Waals surface area contributed by atoms with Gasteiger partial charge in [0.05, 0.1) is 11.4 Å². The minimum atomic E-state index is -0.289. The van der Waals surface area contributed by atoms with Gasteiger partial charge in [-0.2, -0.15) is 0 Å². The number of nitrogens with zero attached hydrogens (tertiary/aromatic N) is 2. The first-order chi connectivity index (χ1) is 28.1. The minimum absolute atomic E-state index is 0.289. The molecule has 0 bridgehead atoms. The van der Waals surface area contributed by atoms with Gasteiger partial charge in [-0.25, -0.2) is 9.97 Å². The summed E-state index contributed by atoms with van der Waals surface area (Å²) in [6, 6.07) is 72.3. The molecule has 0 amide bonds. The van der Waals surface area contributed by atoms with Crippen LogP contribution in [-0.4, -0.2) is 9.97 Å². The van der Waals surface area contributed by atoms with Gasteiger partial charge in [-0.3, -0.25) is 0 Å². The standard InChI is InChI=1S/C54H36N2S/c1-54(40-21-9-4-10-22-40)46-28-13-11-24-44(46)51-41(25-16-29-47(51)54)38-31-37(35-17-5-2-6-18-35)32-39(33-38)48-34-49(56-53(55-48)36-19-7-3-8-20-36)45-27-15-26-43-42-23-12-14-30-50(42)57-52(43)45/h2-34H,1H3. The van der Waals surface area contributed by atoms with E-state index < -0.39 is 0 Å². The van der Waals surface area contributed by atoms with E-state index in [4.69, 9.17) is 9.97 Å². The van der Waals surface area contributed by atoms with Gasteiger partial charge in [0.25, 0.3) is 0 Å². The van der Waals surface area contributed by atoms with E-state index in [1.807, 2.05) is 17.4 Å². The number of thiophene rings is 1. The minimum Gasteiger partial charge on any atom is -0.228 e. The summed E-state index contributed by atoms with van der Waals surface area (Å²) in [6.07, 6.45) is 0. The van der Waals surface area contributed by atoms with Gasteiger partial charge in [0.15, 0.2) is 5.82 Å². The maximum Gasteiger partial charge on any atom is 0.160 e. The molecule has 1 atom stereocenters. The number of benzene rings is 8. The Bertz CT molecular complexity index is 3130. The van der Waals surface area contributed by atoms with Crippen LogP contribution in [0.15, 0.2) is 200 Å². The van der Waals surface area contributed by atoms with Gasteiger partial charge in [-0.05, 0) is 87.3 Å². The predicted molar refractivity (Wildman–Crippen MR) is 240 cm³/mol. The van der Waals surface area contributed by atoms with Crippen LogP contribution in [0, 0.1) is 0 Å². The van der Waals surface area contributed by atoms with Gasteiger partial charge < -0.3 is 0 Å². The second-order valence-corrected chi connectivity index (χ2v) is 16.1. The summed E-state index contributed by atoms with van der Waals surface area (Å²) >= 11 is 1.83. The molecule has 0 N–H and O–H groups in total. The summed E-state index contributed by atoms with van der Waals surface area (Å²) in [7, 11) is 0. The fourth-order valence-electron chi connectivity index (χ4n) is 8.99. The number of hydrogen-bond acceptors (Lipinski definition) is 3. The van der Waals surface area contributed by atoms with Crippen LogP contribution in [-0.2, 0) is 5.41 Å². The lowest BCUT2D eigenvalue weighted by Crippen LogP contribution is -2.22. The number of aromatic nitrogens is 2. The lowest BCUT2D eigenvalue weighted by Gasteiger charge is -2.28. The zero-order valence-electron chi connectivity index (χ0n) is 31.4. The first-order valence-electron chi connectivity index (χ1n) is 19.5. The summed E-state index contributed by atoms with van der Waals surface area (Å²) in [5.41, 5.74) is 15.9. The summed E-state index contributed by atoms with van der Waals surface area (Å²) in [5, 5.41) is 2.53. The van der Waals surface area contributed by atoms with Gasteiger partial charge in [0, 0.05) is 42.3 Å². The highest BCUT2D eigenvalue weighted by Gasteiger charge is 2.41. The fraction of sp³-hybridized carbons (Fsp3) is 0.0370. The van der Waals surface area contributed by atoms with Crippen LogP contribution in [0.2, 0.25) is 0 Å². The van der Waals surface area contributed by atoms with Crippen molar-refractivity contribution in [1.29, 1.82) is 0 Å². The van der Waals surface area contributed by atoms with Gasteiger partial charge in [0.2, 0.25) is 0 Å². The molecule has 2 aromatic heterocycles. The van der Waals surface area contributed by atoms with E-state index in [0.29, 0.717) is 5.82 Å². The molecule has 11 rings (SSSR count). The average molecular weight is 745 g/mol. The van der Waals surface area contributed by atoms with E-state index in [0.717, 1.165) is 44.8 Å². The maximum absolute atomic E-state index is 5.36. The third-order valence-corrected chi connectivity index (χ3v) is 13.0. The van der Waals surface area contributed by atoms with Crippen molar-refractivity contribution >= 4 is 31.5 Å². The molecule has 3 heteroatoms. The molecule has 8 aromatic carbocycles. The highest BCUT2D eigenvalue weighted by molar-refractivity contribution is 7.26. The maximum atomic E-state index is 5.36. The smallest absolute Gasteiger partial charge is 0.160 e. The second kappa shape index (κ2) is 13.4. The molecule has 1 aliphatic rings. The molecule has 1 aliphatic carbocycles. The quantitative estimate of drug-likeness (QED) is 0.169. The van der Waals surface area contributed by atoms with Crippen molar-refractivity contribution in [3.8, 4) is 67.3 Å². The highest BCUT2D eigenvalue weighted by atomic mass is 32.1. The summed E-state index contributed by atoms with van der Waals surface area (Å²) in [6.45, 7) is 2.38. The van der Waals surface area contributed by atoms with Crippen LogP contribution in [0.1, 0.15) is 23.6 Å². The van der Waals surface area contributed by atoms with Crippen LogP contribution in [0.3, 0.4) is 0 Å². The van der Waals surface area contributed by atoms with Crippen molar-refractivity contribution in [2.75, 3.05) is 0 Å². The predicted octanol–water partition coefficient (Wildman–Crippen LogP) is 14.5. The van der Waals surface area contributed by atoms with Crippen LogP contribution in [0.4, 0.5) is 0 Å². The Morgan fingerprint density at radius 3 is 1.81 bits per heavy atom. The van der Waals surface area contributed by atoms with Crippen molar-refractivity contribution in [1.82, 2.24) is 9.97 Å². The largest absolute Gasteiger partial charge is 0.228 e. The van der Waals surface area contributed by atoms with E-state index >= 15 is 0 Å². The molecule has 0 radical (unpaired) electrons. The van der Waals surface area contributed by atoms with Gasteiger partial charge in [0.1, 0.15) is 0 Å². The van der Waals surface area contributed by atoms with Crippen molar-refractivity contribution in [3.05, 3.63) is 217 Å². The summed E-state index contributed by atoms with van der Waals surface area (Å²) < 4.78 is 2.51. The number of hydrogen-bond donors (Lipinski definition) is 0. The normalized spacial score (nSPS) is 14.5. The molecule has 268 valence electrons. The molecule has 2 nitrogen and oxygen atoms in total. The molecule has 0 saturated carbocycles. The van der Waals surface area contributed by atoms with Crippen LogP contribution >= 0.6 is 11.3 Å². The molecule has 1 unspecified atom stereocenters.